The van der Waals surface area contributed by atoms with E-state index < -0.39 is 0 Å². The molecule has 2 rings (SSSR count). The number of benzene rings is 1. The fourth-order valence-electron chi connectivity index (χ4n) is 1.84. The van der Waals surface area contributed by atoms with Crippen LogP contribution in [-0.4, -0.2) is 4.98 Å². The van der Waals surface area contributed by atoms with Gasteiger partial charge in [-0.1, -0.05) is 61.0 Å². The fourth-order valence-corrected chi connectivity index (χ4v) is 2.17. The molecule has 0 aliphatic heterocycles. The molecule has 0 aliphatic rings. The van der Waals surface area contributed by atoms with Gasteiger partial charge in [0.2, 0.25) is 5.88 Å². The Kier molecular flexibility index (Phi) is 4.25. The van der Waals surface area contributed by atoms with Crippen molar-refractivity contribution in [2.75, 3.05) is 0 Å². The second kappa shape index (κ2) is 5.74. The number of para-hydroxylation sites is 1. The summed E-state index contributed by atoms with van der Waals surface area (Å²) in [5, 5.41) is 0.804. The second-order valence-corrected chi connectivity index (χ2v) is 6.05. The normalized spacial score (nSPS) is 11.4. The number of alkyl halides is 1. The molecule has 0 saturated carbocycles. The van der Waals surface area contributed by atoms with Crippen LogP contribution in [0.1, 0.15) is 31.9 Å². The van der Waals surface area contributed by atoms with Crippen LogP contribution in [0.5, 0.6) is 11.6 Å². The van der Waals surface area contributed by atoms with Gasteiger partial charge in [-0.2, -0.15) is 0 Å². The van der Waals surface area contributed by atoms with Crippen LogP contribution in [-0.2, 0) is 10.7 Å². The molecule has 2 nitrogen and oxygen atoms in total. The third-order valence-electron chi connectivity index (χ3n) is 2.86. The van der Waals surface area contributed by atoms with Crippen molar-refractivity contribution in [2.24, 2.45) is 0 Å². The molecule has 0 N–H and O–H groups in total. The van der Waals surface area contributed by atoms with Gasteiger partial charge in [0.15, 0.2) is 0 Å². The van der Waals surface area contributed by atoms with Gasteiger partial charge in [-0.3, -0.25) is 0 Å². The van der Waals surface area contributed by atoms with Crippen LogP contribution in [0.15, 0.2) is 42.6 Å². The van der Waals surface area contributed by atoms with E-state index in [1.165, 1.54) is 5.56 Å². The van der Waals surface area contributed by atoms with E-state index in [0.717, 1.165) is 16.6 Å². The minimum atomic E-state index is 0.0480. The van der Waals surface area contributed by atoms with Crippen LogP contribution in [0.25, 0.3) is 0 Å². The van der Waals surface area contributed by atoms with Crippen molar-refractivity contribution in [3.8, 4) is 11.6 Å². The van der Waals surface area contributed by atoms with Crippen LogP contribution in [0.4, 0.5) is 0 Å². The van der Waals surface area contributed by atoms with Crippen LogP contribution in [0.2, 0.25) is 0 Å². The van der Waals surface area contributed by atoms with E-state index >= 15 is 0 Å². The van der Waals surface area contributed by atoms with Gasteiger partial charge < -0.3 is 4.74 Å². The molecule has 19 heavy (non-hydrogen) atoms. The van der Waals surface area contributed by atoms with Gasteiger partial charge in [0.1, 0.15) is 5.75 Å². The second-order valence-electron chi connectivity index (χ2n) is 5.49. The SMILES string of the molecule is CC(C)(C)c1ccccc1Oc1ccc(CBr)cn1. The van der Waals surface area contributed by atoms with Gasteiger partial charge in [-0.15, -0.1) is 0 Å². The predicted molar refractivity (Wildman–Crippen MR) is 82.1 cm³/mol. The van der Waals surface area contributed by atoms with Crippen molar-refractivity contribution in [3.05, 3.63) is 53.7 Å². The molecule has 1 heterocycles. The summed E-state index contributed by atoms with van der Waals surface area (Å²) >= 11 is 3.41. The lowest BCUT2D eigenvalue weighted by molar-refractivity contribution is 0.439. The molecule has 0 amide bonds. The largest absolute Gasteiger partial charge is 0.439 e. The highest BCUT2D eigenvalue weighted by molar-refractivity contribution is 9.08. The van der Waals surface area contributed by atoms with Gasteiger partial charge in [0.05, 0.1) is 0 Å². The number of pyridine rings is 1. The molecule has 2 aromatic rings. The molecular weight excluding hydrogens is 302 g/mol. The first-order valence-electron chi connectivity index (χ1n) is 6.29. The number of hydrogen-bond donors (Lipinski definition) is 0. The smallest absolute Gasteiger partial charge is 0.219 e. The summed E-state index contributed by atoms with van der Waals surface area (Å²) in [6, 6.07) is 12.0. The fraction of sp³-hybridized carbons (Fsp3) is 0.312. The number of hydrogen-bond acceptors (Lipinski definition) is 2. The molecule has 3 heteroatoms. The molecule has 0 unspecified atom stereocenters. The van der Waals surface area contributed by atoms with Crippen molar-refractivity contribution in [3.63, 3.8) is 0 Å². The number of aromatic nitrogens is 1. The predicted octanol–water partition coefficient (Wildman–Crippen LogP) is 5.07. The van der Waals surface area contributed by atoms with E-state index in [-0.39, 0.29) is 5.41 Å². The third kappa shape index (κ3) is 3.57. The first-order chi connectivity index (χ1) is 9.00. The maximum atomic E-state index is 5.91. The van der Waals surface area contributed by atoms with Crippen molar-refractivity contribution in [1.82, 2.24) is 4.98 Å². The zero-order chi connectivity index (χ0) is 13.9. The summed E-state index contributed by atoms with van der Waals surface area (Å²) < 4.78 is 5.91. The van der Waals surface area contributed by atoms with Crippen LogP contribution >= 0.6 is 15.9 Å². The van der Waals surface area contributed by atoms with Gasteiger partial charge in [0, 0.05) is 23.2 Å². The third-order valence-corrected chi connectivity index (χ3v) is 3.51. The summed E-state index contributed by atoms with van der Waals surface area (Å²) in [6.45, 7) is 6.53. The minimum Gasteiger partial charge on any atom is -0.439 e. The Hall–Kier alpha value is -1.35. The molecule has 0 atom stereocenters. The standard InChI is InChI=1S/C16H18BrNO/c1-16(2,3)13-6-4-5-7-14(13)19-15-9-8-12(10-17)11-18-15/h4-9,11H,10H2,1-3H3. The Morgan fingerprint density at radius 1 is 1.11 bits per heavy atom. The van der Waals surface area contributed by atoms with Gasteiger partial charge in [-0.05, 0) is 17.0 Å². The molecule has 0 fully saturated rings. The quantitative estimate of drug-likeness (QED) is 0.737. The summed E-state index contributed by atoms with van der Waals surface area (Å²) in [6.07, 6.45) is 1.82. The zero-order valence-corrected chi connectivity index (χ0v) is 13.1. The summed E-state index contributed by atoms with van der Waals surface area (Å²) in [5.41, 5.74) is 2.37. The van der Waals surface area contributed by atoms with Gasteiger partial charge >= 0.3 is 0 Å². The molecule has 0 aliphatic carbocycles. The molecule has 100 valence electrons. The topological polar surface area (TPSA) is 22.1 Å². The monoisotopic (exact) mass is 319 g/mol. The first-order valence-corrected chi connectivity index (χ1v) is 7.41. The summed E-state index contributed by atoms with van der Waals surface area (Å²) in [5.74, 6) is 1.50. The minimum absolute atomic E-state index is 0.0480. The molecule has 1 aromatic carbocycles. The van der Waals surface area contributed by atoms with Crippen molar-refractivity contribution in [2.45, 2.75) is 31.5 Å². The molecule has 0 saturated heterocycles. The molecule has 0 bridgehead atoms. The Morgan fingerprint density at radius 3 is 2.42 bits per heavy atom. The van der Waals surface area contributed by atoms with Crippen LogP contribution in [0, 0.1) is 0 Å². The van der Waals surface area contributed by atoms with E-state index in [4.69, 9.17) is 4.74 Å². The molecule has 0 radical (unpaired) electrons. The van der Waals surface area contributed by atoms with Crippen molar-refractivity contribution in [1.29, 1.82) is 0 Å². The lowest BCUT2D eigenvalue weighted by Gasteiger charge is -2.22. The number of halogens is 1. The van der Waals surface area contributed by atoms with Gasteiger partial charge in [0.25, 0.3) is 0 Å². The van der Waals surface area contributed by atoms with Crippen molar-refractivity contribution < 1.29 is 4.74 Å². The maximum Gasteiger partial charge on any atom is 0.219 e. The van der Waals surface area contributed by atoms with E-state index in [9.17, 15) is 0 Å². The number of rotatable bonds is 3. The first kappa shape index (κ1) is 14.1. The molecular formula is C16H18BrNO. The van der Waals surface area contributed by atoms with Crippen LogP contribution in [0.3, 0.4) is 0 Å². The number of nitrogens with zero attached hydrogens (tertiary/aromatic N) is 1. The molecule has 0 spiro atoms. The van der Waals surface area contributed by atoms with Crippen LogP contribution < -0.4 is 4.74 Å². The Balaban J connectivity index is 2.28. The average molecular weight is 320 g/mol. The lowest BCUT2D eigenvalue weighted by atomic mass is 9.86. The summed E-state index contributed by atoms with van der Waals surface area (Å²) in [7, 11) is 0. The highest BCUT2D eigenvalue weighted by atomic mass is 79.9. The lowest BCUT2D eigenvalue weighted by Crippen LogP contribution is -2.12. The Bertz CT molecular complexity index is 543. The summed E-state index contributed by atoms with van der Waals surface area (Å²) in [4.78, 5) is 4.32. The Labute approximate surface area is 123 Å². The van der Waals surface area contributed by atoms with E-state index in [1.807, 2.05) is 36.5 Å². The highest BCUT2D eigenvalue weighted by Gasteiger charge is 2.18. The maximum absolute atomic E-state index is 5.91. The molecule has 1 aromatic heterocycles. The van der Waals surface area contributed by atoms with Gasteiger partial charge in [-0.25, -0.2) is 4.98 Å². The Morgan fingerprint density at radius 2 is 1.84 bits per heavy atom. The highest BCUT2D eigenvalue weighted by Crippen LogP contribution is 2.33. The van der Waals surface area contributed by atoms with Crippen molar-refractivity contribution >= 4 is 15.9 Å². The average Bonchev–Trinajstić information content (AvgIpc) is 2.39. The van der Waals surface area contributed by atoms with E-state index in [0.29, 0.717) is 5.88 Å². The zero-order valence-electron chi connectivity index (χ0n) is 11.5. The van der Waals surface area contributed by atoms with E-state index in [2.05, 4.69) is 47.8 Å². The van der Waals surface area contributed by atoms with E-state index in [1.54, 1.807) is 0 Å². The number of ether oxygens (including phenoxy) is 1.